The Morgan fingerprint density at radius 2 is 2.12 bits per heavy atom. The van der Waals surface area contributed by atoms with Gasteiger partial charge in [0.25, 0.3) is 0 Å². The predicted molar refractivity (Wildman–Crippen MR) is 61.3 cm³/mol. The largest absolute Gasteiger partial charge is 0.298 e. The molecule has 0 unspecified atom stereocenters. The van der Waals surface area contributed by atoms with Crippen LogP contribution in [0.5, 0.6) is 0 Å². The number of carbonyl (C=O) groups is 1. The summed E-state index contributed by atoms with van der Waals surface area (Å²) in [4.78, 5) is 22.9. The molecule has 0 spiro atoms. The molecule has 0 saturated carbocycles. The van der Waals surface area contributed by atoms with Gasteiger partial charge in [-0.25, -0.2) is 0 Å². The first kappa shape index (κ1) is 10.5. The van der Waals surface area contributed by atoms with E-state index in [-0.39, 0.29) is 17.8 Å². The first-order chi connectivity index (χ1) is 7.72. The molecule has 0 saturated heterocycles. The lowest BCUT2D eigenvalue weighted by molar-refractivity contribution is -0.119. The van der Waals surface area contributed by atoms with Crippen molar-refractivity contribution in [3.05, 3.63) is 40.7 Å². The van der Waals surface area contributed by atoms with Crippen LogP contribution in [0.15, 0.2) is 35.3 Å². The van der Waals surface area contributed by atoms with Gasteiger partial charge in [-0.3, -0.25) is 14.3 Å². The molecule has 1 aromatic heterocycles. The summed E-state index contributed by atoms with van der Waals surface area (Å²) >= 11 is 0. The molecule has 4 heteroatoms. The van der Waals surface area contributed by atoms with Gasteiger partial charge in [0.2, 0.25) is 5.43 Å². The van der Waals surface area contributed by atoms with Crippen LogP contribution in [0.4, 0.5) is 0 Å². The predicted octanol–water partition coefficient (Wildman–Crippen LogP) is 1.38. The summed E-state index contributed by atoms with van der Waals surface area (Å²) in [5.74, 6) is 0.0984. The summed E-state index contributed by atoms with van der Waals surface area (Å²) in [7, 11) is 0. The molecular weight excluding hydrogens is 204 g/mol. The van der Waals surface area contributed by atoms with E-state index in [1.54, 1.807) is 22.9 Å². The van der Waals surface area contributed by atoms with Gasteiger partial charge in [-0.2, -0.15) is 5.10 Å². The van der Waals surface area contributed by atoms with E-state index in [2.05, 4.69) is 5.10 Å². The number of hydrogen-bond donors (Lipinski definition) is 0. The maximum absolute atomic E-state index is 11.5. The fourth-order valence-electron chi connectivity index (χ4n) is 1.57. The molecule has 0 atom stereocenters. The molecule has 0 aliphatic heterocycles. The lowest BCUT2D eigenvalue weighted by atomic mass is 10.2. The van der Waals surface area contributed by atoms with E-state index >= 15 is 0 Å². The van der Waals surface area contributed by atoms with Gasteiger partial charge in [-0.1, -0.05) is 19.1 Å². The van der Waals surface area contributed by atoms with Gasteiger partial charge in [0, 0.05) is 11.8 Å². The van der Waals surface area contributed by atoms with Crippen molar-refractivity contribution in [1.82, 2.24) is 9.78 Å². The van der Waals surface area contributed by atoms with E-state index in [4.69, 9.17) is 0 Å². The molecule has 1 heterocycles. The molecule has 2 aromatic rings. The van der Waals surface area contributed by atoms with Crippen molar-refractivity contribution in [2.45, 2.75) is 19.9 Å². The van der Waals surface area contributed by atoms with Crippen molar-refractivity contribution in [2.75, 3.05) is 0 Å². The van der Waals surface area contributed by atoms with Gasteiger partial charge < -0.3 is 0 Å². The van der Waals surface area contributed by atoms with Crippen LogP contribution in [0.25, 0.3) is 10.9 Å². The third-order valence-corrected chi connectivity index (χ3v) is 2.48. The average Bonchev–Trinajstić information content (AvgIpc) is 2.33. The Morgan fingerprint density at radius 1 is 1.38 bits per heavy atom. The van der Waals surface area contributed by atoms with Crippen LogP contribution >= 0.6 is 0 Å². The van der Waals surface area contributed by atoms with E-state index in [1.165, 1.54) is 6.20 Å². The normalized spacial score (nSPS) is 10.6. The molecule has 2 rings (SSSR count). The minimum atomic E-state index is -0.115. The van der Waals surface area contributed by atoms with E-state index in [1.807, 2.05) is 13.0 Å². The van der Waals surface area contributed by atoms with Crippen LogP contribution in [0.3, 0.4) is 0 Å². The molecule has 0 fully saturated rings. The van der Waals surface area contributed by atoms with E-state index in [9.17, 15) is 9.59 Å². The van der Waals surface area contributed by atoms with Crippen LogP contribution in [-0.4, -0.2) is 15.6 Å². The fraction of sp³-hybridized carbons (Fsp3) is 0.250. The zero-order valence-corrected chi connectivity index (χ0v) is 9.01. The van der Waals surface area contributed by atoms with Crippen LogP contribution in [0.1, 0.15) is 13.3 Å². The number of carbonyl (C=O) groups excluding carboxylic acids is 1. The lowest BCUT2D eigenvalue weighted by Crippen LogP contribution is -2.16. The highest BCUT2D eigenvalue weighted by atomic mass is 16.1. The minimum absolute atomic E-state index is 0.0984. The Bertz CT molecular complexity index is 587. The Balaban J connectivity index is 2.59. The quantitative estimate of drug-likeness (QED) is 0.778. The molecule has 0 aliphatic carbocycles. The third kappa shape index (κ3) is 1.86. The molecule has 0 amide bonds. The summed E-state index contributed by atoms with van der Waals surface area (Å²) < 4.78 is 1.57. The smallest absolute Gasteiger partial charge is 0.207 e. The summed E-state index contributed by atoms with van der Waals surface area (Å²) in [6.45, 7) is 2.03. The molecule has 82 valence electrons. The molecule has 0 N–H and O–H groups in total. The number of benzene rings is 1. The maximum atomic E-state index is 11.5. The van der Waals surface area contributed by atoms with Crippen molar-refractivity contribution in [3.8, 4) is 0 Å². The Kier molecular flexibility index (Phi) is 2.81. The topological polar surface area (TPSA) is 52.0 Å². The van der Waals surface area contributed by atoms with Gasteiger partial charge in [0.15, 0.2) is 5.78 Å². The molecule has 0 aliphatic rings. The SMILES string of the molecule is CCC(=O)Cn1ncc(=O)c2ccccc21. The zero-order chi connectivity index (χ0) is 11.5. The lowest BCUT2D eigenvalue weighted by Gasteiger charge is -2.07. The highest BCUT2D eigenvalue weighted by molar-refractivity contribution is 5.82. The zero-order valence-electron chi connectivity index (χ0n) is 9.01. The highest BCUT2D eigenvalue weighted by Crippen LogP contribution is 2.07. The molecule has 1 aromatic carbocycles. The summed E-state index contributed by atoms with van der Waals surface area (Å²) in [5.41, 5.74) is 0.590. The van der Waals surface area contributed by atoms with Gasteiger partial charge in [0.05, 0.1) is 11.7 Å². The van der Waals surface area contributed by atoms with Crippen molar-refractivity contribution >= 4 is 16.7 Å². The minimum Gasteiger partial charge on any atom is -0.298 e. The number of aromatic nitrogens is 2. The monoisotopic (exact) mass is 216 g/mol. The van der Waals surface area contributed by atoms with E-state index < -0.39 is 0 Å². The number of Topliss-reactive ketones (excluding diaryl/α,β-unsaturated/α-hetero) is 1. The highest BCUT2D eigenvalue weighted by Gasteiger charge is 2.05. The van der Waals surface area contributed by atoms with Gasteiger partial charge in [-0.15, -0.1) is 0 Å². The second kappa shape index (κ2) is 4.26. The first-order valence-electron chi connectivity index (χ1n) is 5.19. The van der Waals surface area contributed by atoms with E-state index in [0.29, 0.717) is 17.3 Å². The third-order valence-electron chi connectivity index (χ3n) is 2.48. The second-order valence-electron chi connectivity index (χ2n) is 3.58. The van der Waals surface area contributed by atoms with Gasteiger partial charge in [-0.05, 0) is 12.1 Å². The fourth-order valence-corrected chi connectivity index (χ4v) is 1.57. The number of hydrogen-bond acceptors (Lipinski definition) is 3. The summed E-state index contributed by atoms with van der Waals surface area (Å²) in [6, 6.07) is 7.17. The molecular formula is C12H12N2O2. The molecule has 4 nitrogen and oxygen atoms in total. The van der Waals surface area contributed by atoms with Crippen LogP contribution < -0.4 is 5.43 Å². The van der Waals surface area contributed by atoms with Crippen molar-refractivity contribution < 1.29 is 4.79 Å². The molecule has 0 radical (unpaired) electrons. The van der Waals surface area contributed by atoms with Gasteiger partial charge >= 0.3 is 0 Å². The molecule has 16 heavy (non-hydrogen) atoms. The first-order valence-corrected chi connectivity index (χ1v) is 5.19. The van der Waals surface area contributed by atoms with Crippen LogP contribution in [0, 0.1) is 0 Å². The molecule has 0 bridgehead atoms. The number of ketones is 1. The Labute approximate surface area is 92.5 Å². The van der Waals surface area contributed by atoms with Crippen LogP contribution in [0.2, 0.25) is 0 Å². The standard InChI is InChI=1S/C12H12N2O2/c1-2-9(15)8-14-11-6-4-3-5-10(11)12(16)7-13-14/h3-7H,2,8H2,1H3. The number of para-hydroxylation sites is 1. The summed E-state index contributed by atoms with van der Waals surface area (Å²) in [5, 5.41) is 4.58. The average molecular weight is 216 g/mol. The number of nitrogens with zero attached hydrogens (tertiary/aromatic N) is 2. The van der Waals surface area contributed by atoms with E-state index in [0.717, 1.165) is 0 Å². The Morgan fingerprint density at radius 3 is 2.88 bits per heavy atom. The number of fused-ring (bicyclic) bond motifs is 1. The maximum Gasteiger partial charge on any atom is 0.207 e. The second-order valence-corrected chi connectivity index (χ2v) is 3.58. The summed E-state index contributed by atoms with van der Waals surface area (Å²) in [6.07, 6.45) is 1.73. The van der Waals surface area contributed by atoms with Crippen LogP contribution in [-0.2, 0) is 11.3 Å². The van der Waals surface area contributed by atoms with Gasteiger partial charge in [0.1, 0.15) is 6.54 Å². The van der Waals surface area contributed by atoms with Crippen molar-refractivity contribution in [3.63, 3.8) is 0 Å². The van der Waals surface area contributed by atoms with Crippen molar-refractivity contribution in [1.29, 1.82) is 0 Å². The van der Waals surface area contributed by atoms with Crippen molar-refractivity contribution in [2.24, 2.45) is 0 Å². The Hall–Kier alpha value is -1.97. The number of rotatable bonds is 3.